The van der Waals surface area contributed by atoms with Crippen LogP contribution in [0.4, 0.5) is 5.69 Å². The molecule has 1 aromatic carbocycles. The smallest absolute Gasteiger partial charge is 0.548 e. The number of amides is 1. The van der Waals surface area contributed by atoms with Gasteiger partial charge in [0.15, 0.2) is 0 Å². The Morgan fingerprint density at radius 3 is 2.35 bits per heavy atom. The zero-order chi connectivity index (χ0) is 14.6. The standard InChI is InChI=1S/C12H14N2O5.Na/c1-7(2)10(12(16)17)13-11(15)8-4-3-5-9(6-8)14(18)19;/h3-7,10H,1-2H3,(H,13,15)(H,16,17);/q;+1/p-1. The Morgan fingerprint density at radius 2 is 1.90 bits per heavy atom. The number of carboxylic acid groups (broad SMARTS) is 1. The van der Waals surface area contributed by atoms with Gasteiger partial charge in [-0.15, -0.1) is 0 Å². The number of hydrogen-bond acceptors (Lipinski definition) is 5. The summed E-state index contributed by atoms with van der Waals surface area (Å²) in [6.07, 6.45) is 0. The number of carbonyl (C=O) groups is 2. The van der Waals surface area contributed by atoms with Crippen LogP contribution >= 0.6 is 0 Å². The van der Waals surface area contributed by atoms with Crippen LogP contribution in [0.3, 0.4) is 0 Å². The summed E-state index contributed by atoms with van der Waals surface area (Å²) in [7, 11) is 0. The number of benzene rings is 1. The van der Waals surface area contributed by atoms with Gasteiger partial charge in [-0.2, -0.15) is 0 Å². The van der Waals surface area contributed by atoms with Crippen molar-refractivity contribution in [2.24, 2.45) is 5.92 Å². The molecular formula is C12H13N2NaO5. The molecule has 0 spiro atoms. The number of non-ortho nitro benzene ring substituents is 1. The Bertz CT molecular complexity index is 518. The molecule has 0 bridgehead atoms. The van der Waals surface area contributed by atoms with Crippen molar-refractivity contribution in [1.82, 2.24) is 5.32 Å². The van der Waals surface area contributed by atoms with Crippen LogP contribution < -0.4 is 40.0 Å². The van der Waals surface area contributed by atoms with Gasteiger partial charge in [0.2, 0.25) is 0 Å². The Balaban J connectivity index is 0.00000361. The molecule has 1 unspecified atom stereocenters. The van der Waals surface area contributed by atoms with Gasteiger partial charge in [-0.05, 0) is 12.0 Å². The topological polar surface area (TPSA) is 112 Å². The number of carboxylic acids is 1. The van der Waals surface area contributed by atoms with Crippen molar-refractivity contribution < 1.29 is 49.2 Å². The van der Waals surface area contributed by atoms with Gasteiger partial charge < -0.3 is 15.2 Å². The molecule has 1 amide bonds. The predicted molar refractivity (Wildman–Crippen MR) is 64.2 cm³/mol. The van der Waals surface area contributed by atoms with Gasteiger partial charge in [-0.1, -0.05) is 19.9 Å². The third-order valence-electron chi connectivity index (χ3n) is 2.53. The summed E-state index contributed by atoms with van der Waals surface area (Å²) in [5.74, 6) is -2.44. The zero-order valence-electron chi connectivity index (χ0n) is 11.5. The van der Waals surface area contributed by atoms with Crippen molar-refractivity contribution in [3.8, 4) is 0 Å². The second-order valence-electron chi connectivity index (χ2n) is 4.32. The van der Waals surface area contributed by atoms with Gasteiger partial charge in [0.25, 0.3) is 11.6 Å². The van der Waals surface area contributed by atoms with E-state index in [0.717, 1.165) is 6.07 Å². The second kappa shape index (κ2) is 7.98. The quantitative estimate of drug-likeness (QED) is 0.355. The summed E-state index contributed by atoms with van der Waals surface area (Å²) in [6.45, 7) is 3.24. The summed E-state index contributed by atoms with van der Waals surface area (Å²) < 4.78 is 0. The van der Waals surface area contributed by atoms with Crippen LogP contribution in [0, 0.1) is 16.0 Å². The summed E-state index contributed by atoms with van der Waals surface area (Å²) in [6, 6.07) is 3.91. The van der Waals surface area contributed by atoms with E-state index < -0.39 is 22.8 Å². The SMILES string of the molecule is CC(C)C(NC(=O)c1cccc([N+](=O)[O-])c1)C(=O)[O-].[Na+]. The molecule has 1 atom stereocenters. The molecule has 1 rings (SSSR count). The number of hydrogen-bond donors (Lipinski definition) is 1. The van der Waals surface area contributed by atoms with Gasteiger partial charge >= 0.3 is 29.6 Å². The van der Waals surface area contributed by atoms with Crippen molar-refractivity contribution in [2.75, 3.05) is 0 Å². The van der Waals surface area contributed by atoms with E-state index in [1.54, 1.807) is 13.8 Å². The molecule has 7 nitrogen and oxygen atoms in total. The molecule has 0 aliphatic rings. The van der Waals surface area contributed by atoms with Crippen molar-refractivity contribution in [3.05, 3.63) is 39.9 Å². The number of nitrogens with one attached hydrogen (secondary N) is 1. The molecule has 0 saturated heterocycles. The van der Waals surface area contributed by atoms with Gasteiger partial charge in [0.1, 0.15) is 0 Å². The fourth-order valence-electron chi connectivity index (χ4n) is 1.48. The molecule has 20 heavy (non-hydrogen) atoms. The Hall–Kier alpha value is -1.44. The van der Waals surface area contributed by atoms with Gasteiger partial charge in [0, 0.05) is 17.7 Å². The van der Waals surface area contributed by atoms with Crippen LogP contribution in [-0.2, 0) is 4.79 Å². The first kappa shape index (κ1) is 18.6. The first-order valence-corrected chi connectivity index (χ1v) is 5.59. The van der Waals surface area contributed by atoms with E-state index in [4.69, 9.17) is 0 Å². The molecule has 0 heterocycles. The maximum atomic E-state index is 11.8. The fourth-order valence-corrected chi connectivity index (χ4v) is 1.48. The zero-order valence-corrected chi connectivity index (χ0v) is 13.5. The monoisotopic (exact) mass is 288 g/mol. The van der Waals surface area contributed by atoms with E-state index in [9.17, 15) is 24.8 Å². The Morgan fingerprint density at radius 1 is 1.30 bits per heavy atom. The average molecular weight is 288 g/mol. The maximum Gasteiger partial charge on any atom is 1.00 e. The molecular weight excluding hydrogens is 275 g/mol. The summed E-state index contributed by atoms with van der Waals surface area (Å²) in [5, 5.41) is 23.7. The first-order chi connectivity index (χ1) is 8.82. The number of carbonyl (C=O) groups excluding carboxylic acids is 2. The molecule has 0 fully saturated rings. The predicted octanol–water partition coefficient (Wildman–Crippen LogP) is -2.90. The number of rotatable bonds is 5. The molecule has 1 aromatic rings. The average Bonchev–Trinajstić information content (AvgIpc) is 2.34. The van der Waals surface area contributed by atoms with Crippen LogP contribution in [0.1, 0.15) is 24.2 Å². The van der Waals surface area contributed by atoms with Crippen LogP contribution in [0.15, 0.2) is 24.3 Å². The molecule has 0 aromatic heterocycles. The summed E-state index contributed by atoms with van der Waals surface area (Å²) in [5.41, 5.74) is -0.205. The van der Waals surface area contributed by atoms with E-state index in [2.05, 4.69) is 5.32 Å². The molecule has 0 saturated carbocycles. The van der Waals surface area contributed by atoms with E-state index in [-0.39, 0.29) is 46.7 Å². The van der Waals surface area contributed by atoms with E-state index >= 15 is 0 Å². The van der Waals surface area contributed by atoms with Crippen LogP contribution in [0.25, 0.3) is 0 Å². The van der Waals surface area contributed by atoms with Gasteiger partial charge in [-0.3, -0.25) is 14.9 Å². The molecule has 8 heteroatoms. The fraction of sp³-hybridized carbons (Fsp3) is 0.333. The van der Waals surface area contributed by atoms with Crippen molar-refractivity contribution >= 4 is 17.6 Å². The Kier molecular flexibility index (Phi) is 7.41. The first-order valence-electron chi connectivity index (χ1n) is 5.59. The Labute approximate surface area is 137 Å². The van der Waals surface area contributed by atoms with E-state index in [1.165, 1.54) is 18.2 Å². The maximum absolute atomic E-state index is 11.8. The minimum Gasteiger partial charge on any atom is -0.548 e. The minimum atomic E-state index is -1.39. The number of nitrogens with zero attached hydrogens (tertiary/aromatic N) is 1. The van der Waals surface area contributed by atoms with Crippen LogP contribution in [0.5, 0.6) is 0 Å². The van der Waals surface area contributed by atoms with Crippen LogP contribution in [0.2, 0.25) is 0 Å². The minimum absolute atomic E-state index is 0. The molecule has 102 valence electrons. The van der Waals surface area contributed by atoms with Crippen LogP contribution in [-0.4, -0.2) is 22.8 Å². The third-order valence-corrected chi connectivity index (χ3v) is 2.53. The number of aliphatic carboxylic acids is 1. The van der Waals surface area contributed by atoms with Gasteiger partial charge in [0.05, 0.1) is 16.9 Å². The van der Waals surface area contributed by atoms with Crippen molar-refractivity contribution in [1.29, 1.82) is 0 Å². The summed E-state index contributed by atoms with van der Waals surface area (Å²) >= 11 is 0. The number of nitro groups is 1. The number of nitro benzene ring substituents is 1. The second-order valence-corrected chi connectivity index (χ2v) is 4.32. The van der Waals surface area contributed by atoms with Crippen molar-refractivity contribution in [3.63, 3.8) is 0 Å². The molecule has 0 aliphatic heterocycles. The molecule has 1 N–H and O–H groups in total. The third kappa shape index (κ3) is 4.92. The van der Waals surface area contributed by atoms with E-state index in [1.807, 2.05) is 0 Å². The van der Waals surface area contributed by atoms with Crippen molar-refractivity contribution in [2.45, 2.75) is 19.9 Å². The normalized spacial score (nSPS) is 11.3. The van der Waals surface area contributed by atoms with E-state index in [0.29, 0.717) is 0 Å². The largest absolute Gasteiger partial charge is 1.00 e. The summed E-state index contributed by atoms with van der Waals surface area (Å²) in [4.78, 5) is 32.6. The van der Waals surface area contributed by atoms with Gasteiger partial charge in [-0.25, -0.2) is 0 Å². The molecule has 0 aliphatic carbocycles. The molecule has 0 radical (unpaired) electrons.